The van der Waals surface area contributed by atoms with Gasteiger partial charge in [0.2, 0.25) is 0 Å². The van der Waals surface area contributed by atoms with Gasteiger partial charge in [-0.2, -0.15) is 5.26 Å². The Morgan fingerprint density at radius 3 is 2.31 bits per heavy atom. The van der Waals surface area contributed by atoms with Crippen molar-refractivity contribution in [2.24, 2.45) is 0 Å². The van der Waals surface area contributed by atoms with E-state index in [1.807, 2.05) is 12.1 Å². The minimum Gasteiger partial charge on any atom is -0.548 e. The number of carboxylic acids is 2. The van der Waals surface area contributed by atoms with E-state index in [9.17, 15) is 25.1 Å². The third kappa shape index (κ3) is 3.32. The Morgan fingerprint density at radius 1 is 1.04 bits per heavy atom. The maximum Gasteiger partial charge on any atom is 0.0998 e. The second-order valence-electron chi connectivity index (χ2n) is 5.64. The normalized spacial score (nSPS) is 11.3. The number of aliphatic carboxylic acids is 1. The van der Waals surface area contributed by atoms with Crippen molar-refractivity contribution in [3.8, 4) is 6.07 Å². The van der Waals surface area contributed by atoms with Crippen LogP contribution in [0.25, 0.3) is 22.6 Å². The number of fused-ring (bicyclic) bond motifs is 1. The highest BCUT2D eigenvalue weighted by molar-refractivity contribution is 5.98. The van der Waals surface area contributed by atoms with Gasteiger partial charge in [-0.05, 0) is 23.3 Å². The van der Waals surface area contributed by atoms with Crippen LogP contribution in [0.15, 0.2) is 54.7 Å². The zero-order valence-electron chi connectivity index (χ0n) is 13.5. The minimum atomic E-state index is -1.29. The van der Waals surface area contributed by atoms with Gasteiger partial charge in [-0.1, -0.05) is 42.5 Å². The van der Waals surface area contributed by atoms with Crippen LogP contribution in [0.1, 0.15) is 21.5 Å². The molecule has 0 fully saturated rings. The first-order valence-electron chi connectivity index (χ1n) is 7.71. The summed E-state index contributed by atoms with van der Waals surface area (Å²) in [5.74, 6) is -2.50. The third-order valence-electron chi connectivity index (χ3n) is 3.97. The summed E-state index contributed by atoms with van der Waals surface area (Å²) < 4.78 is 1.55. The van der Waals surface area contributed by atoms with E-state index in [2.05, 4.69) is 6.07 Å². The predicted molar refractivity (Wildman–Crippen MR) is 91.2 cm³/mol. The van der Waals surface area contributed by atoms with Gasteiger partial charge in [-0.3, -0.25) is 0 Å². The summed E-state index contributed by atoms with van der Waals surface area (Å²) in [6.45, 7) is -0.295. The van der Waals surface area contributed by atoms with Crippen LogP contribution in [0.4, 0.5) is 0 Å². The Balaban J connectivity index is 2.08. The summed E-state index contributed by atoms with van der Waals surface area (Å²) >= 11 is 0. The number of hydrogen-bond donors (Lipinski definition) is 0. The minimum absolute atomic E-state index is 0.0246. The molecule has 0 unspecified atom stereocenters. The van der Waals surface area contributed by atoms with Crippen LogP contribution >= 0.6 is 0 Å². The van der Waals surface area contributed by atoms with Gasteiger partial charge < -0.3 is 24.4 Å². The summed E-state index contributed by atoms with van der Waals surface area (Å²) in [4.78, 5) is 21.8. The van der Waals surface area contributed by atoms with E-state index >= 15 is 0 Å². The van der Waals surface area contributed by atoms with Crippen LogP contribution in [0.3, 0.4) is 0 Å². The molecule has 3 rings (SSSR count). The van der Waals surface area contributed by atoms with Gasteiger partial charge in [0.05, 0.1) is 30.1 Å². The number of aromatic nitrogens is 1. The number of aromatic carboxylic acids is 1. The molecule has 0 spiro atoms. The fourth-order valence-corrected chi connectivity index (χ4v) is 2.78. The monoisotopic (exact) mass is 344 g/mol. The van der Waals surface area contributed by atoms with Crippen molar-refractivity contribution in [2.45, 2.75) is 6.54 Å². The average molecular weight is 344 g/mol. The fraction of sp³-hybridized carbons (Fsp3) is 0.0500. The topological polar surface area (TPSA) is 109 Å². The highest BCUT2D eigenvalue weighted by Gasteiger charge is 2.09. The zero-order valence-corrected chi connectivity index (χ0v) is 13.5. The zero-order chi connectivity index (χ0) is 18.7. The number of carbonyl (C=O) groups is 2. The Labute approximate surface area is 148 Å². The van der Waals surface area contributed by atoms with Crippen molar-refractivity contribution < 1.29 is 19.8 Å². The van der Waals surface area contributed by atoms with Crippen LogP contribution in [-0.4, -0.2) is 16.5 Å². The molecule has 26 heavy (non-hydrogen) atoms. The summed E-state index contributed by atoms with van der Waals surface area (Å²) in [5.41, 5.74) is 2.30. The van der Waals surface area contributed by atoms with E-state index in [0.717, 1.165) is 5.39 Å². The molecular weight excluding hydrogens is 332 g/mol. The van der Waals surface area contributed by atoms with Crippen molar-refractivity contribution in [1.82, 2.24) is 4.57 Å². The largest absolute Gasteiger partial charge is 0.548 e. The van der Waals surface area contributed by atoms with E-state index < -0.39 is 11.9 Å². The Morgan fingerprint density at radius 2 is 1.69 bits per heavy atom. The molecule has 0 bridgehead atoms. The highest BCUT2D eigenvalue weighted by atomic mass is 16.4. The molecule has 0 aliphatic heterocycles. The molecule has 3 aromatic rings. The number of benzene rings is 2. The molecule has 0 atom stereocenters. The van der Waals surface area contributed by atoms with E-state index in [-0.39, 0.29) is 12.1 Å². The maximum atomic E-state index is 11.0. The lowest BCUT2D eigenvalue weighted by Crippen LogP contribution is -2.27. The third-order valence-corrected chi connectivity index (χ3v) is 3.97. The molecule has 1 heterocycles. The van der Waals surface area contributed by atoms with Crippen molar-refractivity contribution in [1.29, 1.82) is 5.26 Å². The lowest BCUT2D eigenvalue weighted by atomic mass is 10.0. The van der Waals surface area contributed by atoms with Crippen LogP contribution < -0.4 is 10.2 Å². The molecule has 0 radical (unpaired) electrons. The number of allylic oxidation sites excluding steroid dienone is 1. The number of carboxylic acid groups (broad SMARTS) is 2. The van der Waals surface area contributed by atoms with Crippen LogP contribution in [0.5, 0.6) is 0 Å². The number of nitriles is 1. The molecule has 6 heteroatoms. The summed E-state index contributed by atoms with van der Waals surface area (Å²) in [7, 11) is 0. The van der Waals surface area contributed by atoms with E-state index in [1.54, 1.807) is 29.0 Å². The first-order valence-corrected chi connectivity index (χ1v) is 7.71. The van der Waals surface area contributed by atoms with Crippen molar-refractivity contribution >= 4 is 34.5 Å². The predicted octanol–water partition coefficient (Wildman–Crippen LogP) is 0.819. The Kier molecular flexibility index (Phi) is 4.54. The molecule has 2 aromatic carbocycles. The molecule has 6 nitrogen and oxygen atoms in total. The van der Waals surface area contributed by atoms with Gasteiger partial charge in [0, 0.05) is 22.7 Å². The van der Waals surface area contributed by atoms with Gasteiger partial charge in [0.15, 0.2) is 0 Å². The molecule has 0 aliphatic carbocycles. The maximum absolute atomic E-state index is 11.0. The quantitative estimate of drug-likeness (QED) is 0.637. The Hall–Kier alpha value is -3.85. The van der Waals surface area contributed by atoms with Gasteiger partial charge in [0.1, 0.15) is 0 Å². The second kappa shape index (κ2) is 6.95. The van der Waals surface area contributed by atoms with Crippen molar-refractivity contribution in [2.75, 3.05) is 0 Å². The molecule has 0 aliphatic rings. The molecule has 128 valence electrons. The van der Waals surface area contributed by atoms with E-state index in [0.29, 0.717) is 22.2 Å². The second-order valence-corrected chi connectivity index (χ2v) is 5.64. The fourth-order valence-electron chi connectivity index (χ4n) is 2.78. The number of rotatable bonds is 5. The molecule has 0 N–H and O–H groups in total. The molecule has 0 amide bonds. The molecule has 1 aromatic heterocycles. The van der Waals surface area contributed by atoms with Crippen LogP contribution in [0, 0.1) is 11.3 Å². The lowest BCUT2D eigenvalue weighted by Gasteiger charge is -2.05. The number of carbonyl (C=O) groups excluding carboxylic acids is 2. The van der Waals surface area contributed by atoms with Crippen LogP contribution in [-0.2, 0) is 11.3 Å². The summed E-state index contributed by atoms with van der Waals surface area (Å²) in [6.07, 6.45) is 3.29. The van der Waals surface area contributed by atoms with Gasteiger partial charge in [0.25, 0.3) is 0 Å². The van der Waals surface area contributed by atoms with Crippen LogP contribution in [0.2, 0.25) is 0 Å². The number of para-hydroxylation sites is 1. The van der Waals surface area contributed by atoms with E-state index in [1.165, 1.54) is 24.3 Å². The SMILES string of the molecule is N#C/C(=C/c1cn(CC(=O)[O-])c2ccccc12)c1ccc(C(=O)[O-])cc1. The van der Waals surface area contributed by atoms with Crippen molar-refractivity contribution in [3.63, 3.8) is 0 Å². The average Bonchev–Trinajstić information content (AvgIpc) is 2.97. The molecular formula is C20H12N2O4-2. The highest BCUT2D eigenvalue weighted by Crippen LogP contribution is 2.26. The number of hydrogen-bond acceptors (Lipinski definition) is 5. The standard InChI is InChI=1S/C20H14N2O4/c21-10-15(13-5-7-14(8-6-13)20(25)26)9-16-11-22(12-19(23)24)18-4-2-1-3-17(16)18/h1-9,11H,12H2,(H,23,24)(H,25,26)/p-2/b15-9-. The first-order chi connectivity index (χ1) is 12.5. The van der Waals surface area contributed by atoms with Gasteiger partial charge in [-0.25, -0.2) is 0 Å². The van der Waals surface area contributed by atoms with Gasteiger partial charge in [-0.15, -0.1) is 0 Å². The Bertz CT molecular complexity index is 1070. The molecule has 0 saturated heterocycles. The van der Waals surface area contributed by atoms with E-state index in [4.69, 9.17) is 0 Å². The summed E-state index contributed by atoms with van der Waals surface area (Å²) in [5, 5.41) is 32.1. The first kappa shape index (κ1) is 17.0. The lowest BCUT2D eigenvalue weighted by molar-refractivity contribution is -0.306. The molecule has 0 saturated carbocycles. The number of nitrogens with zero attached hydrogens (tertiary/aromatic N) is 2. The van der Waals surface area contributed by atoms with Crippen molar-refractivity contribution in [3.05, 3.63) is 71.4 Å². The summed E-state index contributed by atoms with van der Waals surface area (Å²) in [6, 6.07) is 15.1. The van der Waals surface area contributed by atoms with Gasteiger partial charge >= 0.3 is 0 Å². The smallest absolute Gasteiger partial charge is 0.0998 e.